The van der Waals surface area contributed by atoms with Gasteiger partial charge in [-0.05, 0) is 0 Å². The van der Waals surface area contributed by atoms with Gasteiger partial charge in [-0.1, -0.05) is 35.5 Å². The smallest absolute Gasteiger partial charge is 0.133 e. The number of aliphatic hydroxyl groups excluding tert-OH is 1. The van der Waals surface area contributed by atoms with Crippen molar-refractivity contribution in [3.63, 3.8) is 0 Å². The molecule has 0 aliphatic carbocycles. The summed E-state index contributed by atoms with van der Waals surface area (Å²) in [5.74, 6) is -1.10. The summed E-state index contributed by atoms with van der Waals surface area (Å²) in [5, 5.41) is 18.3. The number of hydrogen-bond donors (Lipinski definition) is 2. The lowest BCUT2D eigenvalue weighted by Crippen LogP contribution is -2.26. The molecule has 0 amide bonds. The quantitative estimate of drug-likeness (QED) is 0.413. The number of hydrogen-bond acceptors (Lipinski definition) is 2. The highest BCUT2D eigenvalue weighted by atomic mass is 28.2. The van der Waals surface area contributed by atoms with Crippen LogP contribution in [0.3, 0.4) is 0 Å². The number of aliphatic hydroxyl groups is 2. The molecule has 0 saturated heterocycles. The van der Waals surface area contributed by atoms with Gasteiger partial charge >= 0.3 is 0 Å². The molecule has 0 spiro atoms. The summed E-state index contributed by atoms with van der Waals surface area (Å²) in [6.07, 6.45) is 0. The van der Waals surface area contributed by atoms with E-state index in [0.717, 1.165) is 5.19 Å². The van der Waals surface area contributed by atoms with Crippen LogP contribution in [0.1, 0.15) is 0 Å². The molecule has 1 aromatic rings. The highest BCUT2D eigenvalue weighted by molar-refractivity contribution is 6.54. The van der Waals surface area contributed by atoms with Crippen LogP contribution in [-0.2, 0) is 0 Å². The van der Waals surface area contributed by atoms with Gasteiger partial charge in [0, 0.05) is 0 Å². The van der Waals surface area contributed by atoms with E-state index in [0.29, 0.717) is 0 Å². The van der Waals surface area contributed by atoms with Gasteiger partial charge in [0.15, 0.2) is 0 Å². The summed E-state index contributed by atoms with van der Waals surface area (Å²) in [4.78, 5) is 0. The fourth-order valence-electron chi connectivity index (χ4n) is 0.825. The maximum absolute atomic E-state index is 8.62. The van der Waals surface area contributed by atoms with E-state index in [1.807, 2.05) is 30.3 Å². The van der Waals surface area contributed by atoms with Gasteiger partial charge in [0.05, 0.1) is 0 Å². The molecule has 54 valence electrons. The van der Waals surface area contributed by atoms with Gasteiger partial charge in [0.1, 0.15) is 15.4 Å². The summed E-state index contributed by atoms with van der Waals surface area (Å²) >= 11 is 0. The molecule has 1 rings (SSSR count). The molecule has 0 bridgehead atoms. The lowest BCUT2D eigenvalue weighted by atomic mass is 10.4. The van der Waals surface area contributed by atoms with Crippen molar-refractivity contribution in [3.05, 3.63) is 30.3 Å². The van der Waals surface area contributed by atoms with Crippen LogP contribution < -0.4 is 5.19 Å². The minimum absolute atomic E-state index is 0.866. The van der Waals surface area contributed by atoms with Gasteiger partial charge in [-0.15, -0.1) is 0 Å². The summed E-state index contributed by atoms with van der Waals surface area (Å²) in [6, 6.07) is 9.58. The standard InChI is InChI=1S/C7H10O2Si/c8-7(9)10-6-4-2-1-3-5-6/h1-5,7-9H,10H2. The molecule has 3 heteroatoms. The van der Waals surface area contributed by atoms with E-state index in [4.69, 9.17) is 10.2 Å². The Balaban J connectivity index is 2.59. The van der Waals surface area contributed by atoms with E-state index >= 15 is 0 Å². The molecule has 10 heavy (non-hydrogen) atoms. The van der Waals surface area contributed by atoms with Crippen LogP contribution in [0.5, 0.6) is 0 Å². The third-order valence-electron chi connectivity index (χ3n) is 1.26. The van der Waals surface area contributed by atoms with Crippen molar-refractivity contribution in [3.8, 4) is 0 Å². The molecule has 2 N–H and O–H groups in total. The van der Waals surface area contributed by atoms with E-state index in [1.54, 1.807) is 0 Å². The zero-order valence-corrected chi connectivity index (χ0v) is 6.98. The molecule has 0 aliphatic rings. The van der Waals surface area contributed by atoms with Crippen molar-refractivity contribution in [2.45, 2.75) is 5.91 Å². The molecule has 0 aliphatic heterocycles. The molecule has 1 aromatic carbocycles. The molecule has 2 nitrogen and oxygen atoms in total. The maximum Gasteiger partial charge on any atom is 0.133 e. The second-order valence-corrected chi connectivity index (χ2v) is 4.13. The van der Waals surface area contributed by atoms with Gasteiger partial charge in [-0.2, -0.15) is 0 Å². The predicted octanol–water partition coefficient (Wildman–Crippen LogP) is -1.25. The van der Waals surface area contributed by atoms with Crippen molar-refractivity contribution in [1.82, 2.24) is 0 Å². The van der Waals surface area contributed by atoms with E-state index in [1.165, 1.54) is 0 Å². The lowest BCUT2D eigenvalue weighted by Gasteiger charge is -2.00. The molecule has 0 radical (unpaired) electrons. The van der Waals surface area contributed by atoms with Gasteiger partial charge in [0.2, 0.25) is 0 Å². The minimum atomic E-state index is -1.10. The van der Waals surface area contributed by atoms with Crippen LogP contribution in [0.15, 0.2) is 30.3 Å². The van der Waals surface area contributed by atoms with Crippen LogP contribution in [-0.4, -0.2) is 25.6 Å². The van der Waals surface area contributed by atoms with Gasteiger partial charge in [0.25, 0.3) is 0 Å². The maximum atomic E-state index is 8.62. The molecule has 0 atom stereocenters. The Morgan fingerprint density at radius 1 is 1.10 bits per heavy atom. The summed E-state index contributed by atoms with van der Waals surface area (Å²) in [5.41, 5.74) is 0. The highest BCUT2D eigenvalue weighted by Gasteiger charge is 1.98. The molecular weight excluding hydrogens is 144 g/mol. The first-order valence-corrected chi connectivity index (χ1v) is 4.71. The fourth-order valence-corrected chi connectivity index (χ4v) is 1.79. The Labute approximate surface area is 62.0 Å². The fraction of sp³-hybridized carbons (Fsp3) is 0.143. The van der Waals surface area contributed by atoms with Gasteiger partial charge in [-0.25, -0.2) is 0 Å². The first-order valence-electron chi connectivity index (χ1n) is 3.19. The Hall–Kier alpha value is -0.643. The van der Waals surface area contributed by atoms with Crippen LogP contribution in [0.25, 0.3) is 0 Å². The largest absolute Gasteiger partial charge is 0.372 e. The zero-order chi connectivity index (χ0) is 7.40. The first kappa shape index (κ1) is 7.46. The Morgan fingerprint density at radius 2 is 1.70 bits per heavy atom. The monoisotopic (exact) mass is 154 g/mol. The highest BCUT2D eigenvalue weighted by Crippen LogP contribution is 1.81. The van der Waals surface area contributed by atoms with Crippen LogP contribution >= 0.6 is 0 Å². The Kier molecular flexibility index (Phi) is 2.62. The summed E-state index contributed by atoms with van der Waals surface area (Å²) in [6.45, 7) is 0. The van der Waals surface area contributed by atoms with Crippen molar-refractivity contribution in [2.24, 2.45) is 0 Å². The average Bonchev–Trinajstić information content (AvgIpc) is 1.88. The molecule has 0 heterocycles. The van der Waals surface area contributed by atoms with Crippen LogP contribution in [0.4, 0.5) is 0 Å². The van der Waals surface area contributed by atoms with Gasteiger partial charge < -0.3 is 10.2 Å². The lowest BCUT2D eigenvalue weighted by molar-refractivity contribution is 0.0304. The molecule has 0 fully saturated rings. The SMILES string of the molecule is OC(O)[SiH2]c1ccccc1. The van der Waals surface area contributed by atoms with Crippen LogP contribution in [0, 0.1) is 0 Å². The Bertz CT molecular complexity index is 186. The normalized spacial score (nSPS) is 11.5. The predicted molar refractivity (Wildman–Crippen MR) is 42.8 cm³/mol. The van der Waals surface area contributed by atoms with Crippen molar-refractivity contribution in [1.29, 1.82) is 0 Å². The van der Waals surface area contributed by atoms with E-state index < -0.39 is 15.4 Å². The molecular formula is C7H10O2Si. The number of benzene rings is 1. The molecule has 0 aromatic heterocycles. The first-order chi connectivity index (χ1) is 4.79. The summed E-state index contributed by atoms with van der Waals surface area (Å²) in [7, 11) is -0.866. The topological polar surface area (TPSA) is 40.5 Å². The van der Waals surface area contributed by atoms with E-state index in [9.17, 15) is 0 Å². The van der Waals surface area contributed by atoms with Crippen molar-refractivity contribution in [2.75, 3.05) is 0 Å². The third kappa shape index (κ3) is 2.30. The van der Waals surface area contributed by atoms with Crippen molar-refractivity contribution >= 4 is 14.7 Å². The molecule has 0 saturated carbocycles. The molecule has 0 unspecified atom stereocenters. The second-order valence-electron chi connectivity index (χ2n) is 2.17. The minimum Gasteiger partial charge on any atom is -0.372 e. The number of rotatable bonds is 2. The van der Waals surface area contributed by atoms with Gasteiger partial charge in [-0.3, -0.25) is 0 Å². The third-order valence-corrected chi connectivity index (χ3v) is 2.57. The zero-order valence-electron chi connectivity index (χ0n) is 5.57. The van der Waals surface area contributed by atoms with E-state index in [-0.39, 0.29) is 0 Å². The average molecular weight is 154 g/mol. The van der Waals surface area contributed by atoms with Crippen molar-refractivity contribution < 1.29 is 10.2 Å². The van der Waals surface area contributed by atoms with E-state index in [2.05, 4.69) is 0 Å². The van der Waals surface area contributed by atoms with Crippen LogP contribution in [0.2, 0.25) is 0 Å². The second kappa shape index (κ2) is 3.51. The summed E-state index contributed by atoms with van der Waals surface area (Å²) < 4.78 is 0. The Morgan fingerprint density at radius 3 is 2.20 bits per heavy atom.